The van der Waals surface area contributed by atoms with E-state index in [0.717, 1.165) is 10.1 Å². The highest BCUT2D eigenvalue weighted by Crippen LogP contribution is 2.47. The first-order valence-electron chi connectivity index (χ1n) is 6.17. The van der Waals surface area contributed by atoms with E-state index in [1.165, 1.54) is 31.0 Å². The zero-order valence-electron chi connectivity index (χ0n) is 10.5. The van der Waals surface area contributed by atoms with Crippen LogP contribution in [0.2, 0.25) is 0 Å². The Morgan fingerprint density at radius 3 is 3.05 bits per heavy atom. The van der Waals surface area contributed by atoms with Crippen molar-refractivity contribution in [3.63, 3.8) is 0 Å². The van der Waals surface area contributed by atoms with Gasteiger partial charge in [-0.25, -0.2) is 4.57 Å². The molecule has 1 saturated carbocycles. The number of aromatic nitrogens is 2. The molecule has 1 fully saturated rings. The summed E-state index contributed by atoms with van der Waals surface area (Å²) >= 11 is 5.84. The maximum Gasteiger partial charge on any atom is 0.391 e. The smallest absolute Gasteiger partial charge is 0.287 e. The number of hydrogen-bond donors (Lipinski definition) is 1. The van der Waals surface area contributed by atoms with Crippen LogP contribution in [0.1, 0.15) is 30.9 Å². The standard InChI is InChI=1S/C12H13IN4S2/c1-18-10-6(5-14)11-17(12(15)16-10)9-7(13)3-2-4-8(9)19-11/h7-9,15H,2-4H2,1H3/p+1/t7-,8-,9+/m1/s1. The molecule has 2 aliphatic rings. The number of nitriles is 1. The fourth-order valence-electron chi connectivity index (χ4n) is 2.87. The molecule has 3 rings (SSSR count). The van der Waals surface area contributed by atoms with E-state index in [0.29, 0.717) is 26.7 Å². The topological polar surface area (TPSA) is 66.6 Å². The van der Waals surface area contributed by atoms with Crippen molar-refractivity contribution in [2.45, 2.75) is 44.5 Å². The molecule has 0 spiro atoms. The van der Waals surface area contributed by atoms with Crippen molar-refractivity contribution in [1.29, 1.82) is 5.26 Å². The van der Waals surface area contributed by atoms with Gasteiger partial charge < -0.3 is 0 Å². The predicted octanol–water partition coefficient (Wildman–Crippen LogP) is 2.55. The molecule has 2 heterocycles. The summed E-state index contributed by atoms with van der Waals surface area (Å²) in [6.45, 7) is 0. The van der Waals surface area contributed by atoms with Crippen LogP contribution in [0.15, 0.2) is 10.1 Å². The molecule has 3 atom stereocenters. The van der Waals surface area contributed by atoms with Crippen molar-refractivity contribution in [3.8, 4) is 6.07 Å². The average molecular weight is 405 g/mol. The molecule has 1 aliphatic carbocycles. The molecule has 1 aliphatic heterocycles. The molecule has 0 amide bonds. The third kappa shape index (κ3) is 2.12. The summed E-state index contributed by atoms with van der Waals surface area (Å²) < 4.78 is 2.69. The van der Waals surface area contributed by atoms with Crippen molar-refractivity contribution in [2.24, 2.45) is 0 Å². The van der Waals surface area contributed by atoms with Crippen molar-refractivity contribution >= 4 is 52.1 Å². The number of hydrogen-bond acceptors (Lipinski definition) is 5. The quantitative estimate of drug-likeness (QED) is 0.256. The average Bonchev–Trinajstić information content (AvgIpc) is 2.79. The van der Waals surface area contributed by atoms with Crippen LogP contribution in [0.25, 0.3) is 0 Å². The first kappa shape index (κ1) is 13.8. The number of alkyl halides is 1. The van der Waals surface area contributed by atoms with E-state index in [-0.39, 0.29) is 0 Å². The molecule has 2 N–H and O–H groups in total. The molecular weight excluding hydrogens is 391 g/mol. The number of anilines is 1. The second kappa shape index (κ2) is 5.30. The fourth-order valence-corrected chi connectivity index (χ4v) is 6.62. The third-order valence-corrected chi connectivity index (χ3v) is 7.18. The number of nitrogens with two attached hydrogens (primary N) is 1. The molecule has 7 heteroatoms. The van der Waals surface area contributed by atoms with E-state index in [4.69, 9.17) is 5.73 Å². The molecule has 0 saturated heterocycles. The number of fused-ring (bicyclic) bond motifs is 3. The minimum absolute atomic E-state index is 0.393. The monoisotopic (exact) mass is 405 g/mol. The first-order chi connectivity index (χ1) is 9.17. The maximum atomic E-state index is 9.43. The molecule has 0 unspecified atom stereocenters. The lowest BCUT2D eigenvalue weighted by atomic mass is 9.94. The van der Waals surface area contributed by atoms with Crippen LogP contribution >= 0.6 is 46.1 Å². The molecule has 0 radical (unpaired) electrons. The summed E-state index contributed by atoms with van der Waals surface area (Å²) in [5.74, 6) is 0.557. The summed E-state index contributed by atoms with van der Waals surface area (Å²) in [5, 5.41) is 11.8. The molecule has 1 aromatic heterocycles. The zero-order chi connectivity index (χ0) is 13.6. The SMILES string of the molecule is CSc1nc(N)[n+]2c(c1C#N)S[C@@H]1CCC[C@@H](I)[C@@H]12. The van der Waals surface area contributed by atoms with E-state index < -0.39 is 0 Å². The molecular formula is C12H14IN4S2+. The Morgan fingerprint density at radius 2 is 2.37 bits per heavy atom. The molecule has 4 nitrogen and oxygen atoms in total. The van der Waals surface area contributed by atoms with E-state index in [1.807, 2.05) is 18.0 Å². The van der Waals surface area contributed by atoms with E-state index >= 15 is 0 Å². The van der Waals surface area contributed by atoms with Crippen LogP contribution in [0, 0.1) is 11.3 Å². The molecule has 19 heavy (non-hydrogen) atoms. The van der Waals surface area contributed by atoms with Gasteiger partial charge in [0, 0.05) is 9.17 Å². The second-order valence-electron chi connectivity index (χ2n) is 4.74. The lowest BCUT2D eigenvalue weighted by Gasteiger charge is -2.28. The molecule has 1 aromatic rings. The lowest BCUT2D eigenvalue weighted by Crippen LogP contribution is -2.50. The zero-order valence-corrected chi connectivity index (χ0v) is 14.3. The van der Waals surface area contributed by atoms with Gasteiger partial charge in [0.05, 0.1) is 0 Å². The minimum atomic E-state index is 0.393. The van der Waals surface area contributed by atoms with Gasteiger partial charge in [-0.15, -0.1) is 0 Å². The predicted molar refractivity (Wildman–Crippen MR) is 85.7 cm³/mol. The molecule has 0 bridgehead atoms. The van der Waals surface area contributed by atoms with E-state index in [9.17, 15) is 5.26 Å². The van der Waals surface area contributed by atoms with Gasteiger partial charge in [-0.3, -0.25) is 5.73 Å². The number of nitrogens with zero attached hydrogens (tertiary/aromatic N) is 3. The van der Waals surface area contributed by atoms with Crippen molar-refractivity contribution in [2.75, 3.05) is 12.0 Å². The van der Waals surface area contributed by atoms with Crippen LogP contribution in [-0.4, -0.2) is 20.4 Å². The number of halogens is 1. The van der Waals surface area contributed by atoms with Crippen LogP contribution in [0.4, 0.5) is 5.95 Å². The van der Waals surface area contributed by atoms with Gasteiger partial charge in [0.15, 0.2) is 10.1 Å². The second-order valence-corrected chi connectivity index (χ2v) is 8.36. The Balaban J connectivity index is 2.19. The Kier molecular flexibility index (Phi) is 3.84. The first-order valence-corrected chi connectivity index (χ1v) is 9.52. The van der Waals surface area contributed by atoms with Crippen LogP contribution < -0.4 is 10.3 Å². The number of rotatable bonds is 1. The number of thioether (sulfide) groups is 2. The summed E-state index contributed by atoms with van der Waals surface area (Å²) in [7, 11) is 0. The summed E-state index contributed by atoms with van der Waals surface area (Å²) in [5.41, 5.74) is 6.85. The van der Waals surface area contributed by atoms with Crippen molar-refractivity contribution in [1.82, 2.24) is 4.98 Å². The van der Waals surface area contributed by atoms with Crippen molar-refractivity contribution in [3.05, 3.63) is 5.56 Å². The third-order valence-electron chi connectivity index (χ3n) is 3.70. The highest BCUT2D eigenvalue weighted by atomic mass is 127. The Morgan fingerprint density at radius 1 is 1.58 bits per heavy atom. The van der Waals surface area contributed by atoms with E-state index in [1.54, 1.807) is 0 Å². The maximum absolute atomic E-state index is 9.43. The van der Waals surface area contributed by atoms with Crippen LogP contribution in [0.3, 0.4) is 0 Å². The largest absolute Gasteiger partial charge is 0.391 e. The van der Waals surface area contributed by atoms with Gasteiger partial charge in [-0.05, 0) is 19.1 Å². The Bertz CT molecular complexity index is 572. The number of nitrogen functional groups attached to an aromatic ring is 1. The fraction of sp³-hybridized carbons (Fsp3) is 0.583. The van der Waals surface area contributed by atoms with Crippen LogP contribution in [-0.2, 0) is 0 Å². The summed E-state index contributed by atoms with van der Waals surface area (Å²) in [4.78, 5) is 4.42. The Labute approximate surface area is 134 Å². The Hall–Kier alpha value is -0.200. The normalized spacial score (nSPS) is 28.6. The van der Waals surface area contributed by atoms with Gasteiger partial charge in [0.2, 0.25) is 0 Å². The summed E-state index contributed by atoms with van der Waals surface area (Å²) in [6.07, 6.45) is 5.63. The minimum Gasteiger partial charge on any atom is -0.287 e. The van der Waals surface area contributed by atoms with Gasteiger partial charge >= 0.3 is 5.95 Å². The van der Waals surface area contributed by atoms with Gasteiger partial charge in [0.1, 0.15) is 17.7 Å². The molecule has 0 aromatic carbocycles. The van der Waals surface area contributed by atoms with Gasteiger partial charge in [-0.2, -0.15) is 5.26 Å². The van der Waals surface area contributed by atoms with Crippen molar-refractivity contribution < 1.29 is 4.57 Å². The lowest BCUT2D eigenvalue weighted by molar-refractivity contribution is -0.739. The highest BCUT2D eigenvalue weighted by Gasteiger charge is 2.46. The highest BCUT2D eigenvalue weighted by molar-refractivity contribution is 14.1. The van der Waals surface area contributed by atoms with Gasteiger partial charge in [0.25, 0.3) is 0 Å². The van der Waals surface area contributed by atoms with E-state index in [2.05, 4.69) is 38.2 Å². The summed E-state index contributed by atoms with van der Waals surface area (Å²) in [6, 6.07) is 2.71. The van der Waals surface area contributed by atoms with Crippen LogP contribution in [0.5, 0.6) is 0 Å². The molecule has 100 valence electrons. The van der Waals surface area contributed by atoms with Gasteiger partial charge in [-0.1, -0.05) is 57.5 Å².